The van der Waals surface area contributed by atoms with Crippen molar-refractivity contribution < 1.29 is 19.4 Å². The monoisotopic (exact) mass is 483 g/mol. The van der Waals surface area contributed by atoms with Crippen LogP contribution in [0.5, 0.6) is 5.75 Å². The maximum Gasteiger partial charge on any atom is 0.300 e. The molecule has 0 aromatic heterocycles. The van der Waals surface area contributed by atoms with Crippen LogP contribution in [-0.2, 0) is 15.0 Å². The van der Waals surface area contributed by atoms with E-state index in [4.69, 9.17) is 4.74 Å². The van der Waals surface area contributed by atoms with Gasteiger partial charge in [0, 0.05) is 11.3 Å². The zero-order chi connectivity index (χ0) is 26.4. The highest BCUT2D eigenvalue weighted by Gasteiger charge is 2.47. The summed E-state index contributed by atoms with van der Waals surface area (Å²) in [7, 11) is 1.58. The fourth-order valence-corrected chi connectivity index (χ4v) is 4.78. The van der Waals surface area contributed by atoms with E-state index in [1.165, 1.54) is 4.90 Å². The normalized spacial score (nSPS) is 17.5. The van der Waals surface area contributed by atoms with E-state index in [0.29, 0.717) is 22.6 Å². The van der Waals surface area contributed by atoms with Crippen molar-refractivity contribution in [2.75, 3.05) is 12.0 Å². The molecule has 0 aliphatic carbocycles. The van der Waals surface area contributed by atoms with E-state index < -0.39 is 17.7 Å². The van der Waals surface area contributed by atoms with Gasteiger partial charge in [0.1, 0.15) is 11.5 Å². The Hall–Kier alpha value is -3.86. The number of ether oxygens (including phenoxy) is 1. The first kappa shape index (κ1) is 25.2. The maximum absolute atomic E-state index is 13.5. The number of ketones is 1. The van der Waals surface area contributed by atoms with Crippen LogP contribution in [0.4, 0.5) is 5.69 Å². The quantitative estimate of drug-likeness (QED) is 0.260. The van der Waals surface area contributed by atoms with Crippen LogP contribution in [0.1, 0.15) is 60.2 Å². The average Bonchev–Trinajstić information content (AvgIpc) is 3.08. The van der Waals surface area contributed by atoms with Gasteiger partial charge < -0.3 is 9.84 Å². The fourth-order valence-electron chi connectivity index (χ4n) is 4.78. The minimum absolute atomic E-state index is 0.0819. The lowest BCUT2D eigenvalue weighted by Gasteiger charge is -2.26. The number of rotatable bonds is 4. The van der Waals surface area contributed by atoms with Gasteiger partial charge in [0.25, 0.3) is 11.7 Å². The highest BCUT2D eigenvalue weighted by molar-refractivity contribution is 6.51. The van der Waals surface area contributed by atoms with E-state index in [1.54, 1.807) is 19.2 Å². The molecule has 1 aliphatic rings. The lowest BCUT2D eigenvalue weighted by molar-refractivity contribution is -0.132. The van der Waals surface area contributed by atoms with Crippen molar-refractivity contribution in [1.82, 2.24) is 0 Å². The van der Waals surface area contributed by atoms with Crippen LogP contribution in [0.25, 0.3) is 5.76 Å². The van der Waals surface area contributed by atoms with Crippen LogP contribution in [0, 0.1) is 20.8 Å². The van der Waals surface area contributed by atoms with Gasteiger partial charge in [-0.25, -0.2) is 0 Å². The van der Waals surface area contributed by atoms with Crippen molar-refractivity contribution >= 4 is 23.1 Å². The third kappa shape index (κ3) is 4.53. The SMILES string of the molecule is COc1ccc(C2/C(=C(\O)c3cc(C(C)(C)C)ccc3C)C(=O)C(=O)N2c2cc(C)cc(C)c2)cc1. The third-order valence-electron chi connectivity index (χ3n) is 6.72. The molecule has 1 saturated heterocycles. The van der Waals surface area contributed by atoms with Crippen LogP contribution in [0.15, 0.2) is 66.2 Å². The molecule has 0 saturated carbocycles. The molecule has 1 N–H and O–H groups in total. The fraction of sp³-hybridized carbons (Fsp3) is 0.290. The maximum atomic E-state index is 13.5. The Bertz CT molecular complexity index is 1360. The molecule has 0 radical (unpaired) electrons. The molecule has 36 heavy (non-hydrogen) atoms. The van der Waals surface area contributed by atoms with Gasteiger partial charge in [-0.1, -0.05) is 51.1 Å². The topological polar surface area (TPSA) is 66.8 Å². The number of Topliss-reactive ketones (excluding diaryl/α,β-unsaturated/α-hetero) is 1. The molecule has 5 heteroatoms. The number of carbonyl (C=O) groups is 2. The minimum Gasteiger partial charge on any atom is -0.507 e. The molecule has 4 rings (SSSR count). The van der Waals surface area contributed by atoms with Crippen LogP contribution >= 0.6 is 0 Å². The summed E-state index contributed by atoms with van der Waals surface area (Å²) < 4.78 is 5.31. The van der Waals surface area contributed by atoms with Gasteiger partial charge >= 0.3 is 0 Å². The number of methoxy groups -OCH3 is 1. The van der Waals surface area contributed by atoms with E-state index in [1.807, 2.05) is 69.3 Å². The van der Waals surface area contributed by atoms with Crippen molar-refractivity contribution in [1.29, 1.82) is 0 Å². The number of carbonyl (C=O) groups excluding carboxylic acids is 2. The van der Waals surface area contributed by atoms with Crippen LogP contribution < -0.4 is 9.64 Å². The van der Waals surface area contributed by atoms with E-state index in [0.717, 1.165) is 22.3 Å². The number of benzene rings is 3. The van der Waals surface area contributed by atoms with Crippen molar-refractivity contribution in [3.63, 3.8) is 0 Å². The molecule has 1 fully saturated rings. The number of aliphatic hydroxyl groups excluding tert-OH is 1. The second kappa shape index (κ2) is 9.30. The van der Waals surface area contributed by atoms with Crippen molar-refractivity contribution in [2.24, 2.45) is 0 Å². The number of nitrogens with zero attached hydrogens (tertiary/aromatic N) is 1. The molecule has 0 spiro atoms. The lowest BCUT2D eigenvalue weighted by atomic mass is 9.84. The predicted octanol–water partition coefficient (Wildman–Crippen LogP) is 6.54. The Balaban J connectivity index is 1.99. The van der Waals surface area contributed by atoms with E-state index in [9.17, 15) is 14.7 Å². The van der Waals surface area contributed by atoms with E-state index in [2.05, 4.69) is 20.8 Å². The summed E-state index contributed by atoms with van der Waals surface area (Å²) in [6.07, 6.45) is 0. The van der Waals surface area contributed by atoms with Crippen LogP contribution in [-0.4, -0.2) is 23.9 Å². The lowest BCUT2D eigenvalue weighted by Crippen LogP contribution is -2.29. The van der Waals surface area contributed by atoms with Crippen molar-refractivity contribution in [3.05, 3.63) is 99.6 Å². The largest absolute Gasteiger partial charge is 0.507 e. The molecule has 5 nitrogen and oxygen atoms in total. The number of hydrogen-bond acceptors (Lipinski definition) is 4. The molecular formula is C31H33NO4. The Morgan fingerprint density at radius 1 is 0.889 bits per heavy atom. The highest BCUT2D eigenvalue weighted by atomic mass is 16.5. The Kier molecular flexibility index (Phi) is 6.52. The van der Waals surface area contributed by atoms with Gasteiger partial charge in [0.2, 0.25) is 0 Å². The Morgan fingerprint density at radius 3 is 2.06 bits per heavy atom. The summed E-state index contributed by atoms with van der Waals surface area (Å²) in [5.74, 6) is -0.861. The summed E-state index contributed by atoms with van der Waals surface area (Å²) in [6, 6.07) is 18.1. The number of aryl methyl sites for hydroxylation is 3. The van der Waals surface area contributed by atoms with Gasteiger partial charge in [-0.15, -0.1) is 0 Å². The van der Waals surface area contributed by atoms with Crippen LogP contribution in [0.3, 0.4) is 0 Å². The molecule has 1 heterocycles. The Morgan fingerprint density at radius 2 is 1.50 bits per heavy atom. The summed E-state index contributed by atoms with van der Waals surface area (Å²) >= 11 is 0. The molecule has 1 unspecified atom stereocenters. The van der Waals surface area contributed by atoms with Crippen molar-refractivity contribution in [2.45, 2.75) is 53.0 Å². The number of aliphatic hydroxyl groups is 1. The zero-order valence-corrected chi connectivity index (χ0v) is 22.0. The summed E-state index contributed by atoms with van der Waals surface area (Å²) in [5.41, 5.74) is 5.63. The first-order valence-corrected chi connectivity index (χ1v) is 12.1. The Labute approximate surface area is 213 Å². The first-order valence-electron chi connectivity index (χ1n) is 12.1. The molecule has 1 amide bonds. The second-order valence-corrected chi connectivity index (χ2v) is 10.6. The molecule has 1 atom stereocenters. The molecule has 3 aromatic rings. The van der Waals surface area contributed by atoms with Gasteiger partial charge in [-0.2, -0.15) is 0 Å². The highest BCUT2D eigenvalue weighted by Crippen LogP contribution is 2.43. The van der Waals surface area contributed by atoms with E-state index >= 15 is 0 Å². The van der Waals surface area contributed by atoms with Gasteiger partial charge in [0.05, 0.1) is 18.7 Å². The van der Waals surface area contributed by atoms with Gasteiger partial charge in [-0.3, -0.25) is 14.5 Å². The summed E-state index contributed by atoms with van der Waals surface area (Å²) in [5, 5.41) is 11.6. The second-order valence-electron chi connectivity index (χ2n) is 10.6. The summed E-state index contributed by atoms with van der Waals surface area (Å²) in [4.78, 5) is 28.5. The predicted molar refractivity (Wildman–Crippen MR) is 144 cm³/mol. The van der Waals surface area contributed by atoms with Crippen LogP contribution in [0.2, 0.25) is 0 Å². The van der Waals surface area contributed by atoms with Gasteiger partial charge in [-0.05, 0) is 84.3 Å². The third-order valence-corrected chi connectivity index (χ3v) is 6.72. The smallest absolute Gasteiger partial charge is 0.300 e. The molecule has 3 aromatic carbocycles. The molecular weight excluding hydrogens is 450 g/mol. The first-order chi connectivity index (χ1) is 16.9. The standard InChI is InChI=1S/C31H33NO4/c1-18-14-19(2)16-23(15-18)32-27(21-9-12-24(36-7)13-10-21)26(29(34)30(32)35)28(33)25-17-22(31(4,5)6)11-8-20(25)3/h8-17,27,33H,1-7H3/b28-26+. The molecule has 0 bridgehead atoms. The van der Waals surface area contributed by atoms with E-state index in [-0.39, 0.29) is 16.7 Å². The number of hydrogen-bond donors (Lipinski definition) is 1. The number of amides is 1. The minimum atomic E-state index is -0.783. The number of anilines is 1. The average molecular weight is 484 g/mol. The van der Waals surface area contributed by atoms with Crippen molar-refractivity contribution in [3.8, 4) is 5.75 Å². The molecule has 186 valence electrons. The summed E-state index contributed by atoms with van der Waals surface area (Å²) in [6.45, 7) is 12.1. The van der Waals surface area contributed by atoms with Gasteiger partial charge in [0.15, 0.2) is 0 Å². The zero-order valence-electron chi connectivity index (χ0n) is 22.0. The molecule has 1 aliphatic heterocycles.